The molecular formula is C22H24FN3O4. The molecular weight excluding hydrogens is 389 g/mol. The standard InChI is InChI=1S/C22H24FN3O4/c1-3-24-21(29)20-16(11-27)15-10-25-18(19(15)26(20)12(2)28)9-8-14(22(25)30)13-6-4-5-7-17(13)23/h4-9,15-16,19-20,27H,3,10-11H2,1-2H3,(H,24,29)/t15-,16-,19+,20-/m0/s1. The summed E-state index contributed by atoms with van der Waals surface area (Å²) in [5.41, 5.74) is 0.719. The highest BCUT2D eigenvalue weighted by atomic mass is 19.1. The first kappa shape index (κ1) is 20.3. The van der Waals surface area contributed by atoms with Gasteiger partial charge in [0.15, 0.2) is 0 Å². The third-order valence-corrected chi connectivity index (χ3v) is 6.22. The van der Waals surface area contributed by atoms with Crippen molar-refractivity contribution in [2.45, 2.75) is 32.5 Å². The lowest BCUT2D eigenvalue weighted by molar-refractivity contribution is -0.140. The molecule has 0 saturated carbocycles. The lowest BCUT2D eigenvalue weighted by Crippen LogP contribution is -2.49. The molecule has 158 valence electrons. The van der Waals surface area contributed by atoms with Gasteiger partial charge in [-0.05, 0) is 25.1 Å². The van der Waals surface area contributed by atoms with Gasteiger partial charge < -0.3 is 19.9 Å². The average Bonchev–Trinajstić information content (AvgIpc) is 3.24. The SMILES string of the molecule is CCNC(=O)[C@@H]1[C@@H](CO)[C@@H]2Cn3c(ccc(-c4ccccc4F)c3=O)[C@@H]2N1C(C)=O. The normalized spacial score (nSPS) is 24.5. The van der Waals surface area contributed by atoms with Gasteiger partial charge in [-0.1, -0.05) is 18.2 Å². The molecule has 1 saturated heterocycles. The number of carbonyl (C=O) groups excluding carboxylic acids is 2. The van der Waals surface area contributed by atoms with Crippen molar-refractivity contribution < 1.29 is 19.1 Å². The first-order valence-electron chi connectivity index (χ1n) is 10.1. The number of aromatic nitrogens is 1. The summed E-state index contributed by atoms with van der Waals surface area (Å²) in [7, 11) is 0. The minimum absolute atomic E-state index is 0.220. The highest BCUT2D eigenvalue weighted by molar-refractivity contribution is 5.88. The Hall–Kier alpha value is -3.00. The highest BCUT2D eigenvalue weighted by Crippen LogP contribution is 2.49. The molecule has 7 nitrogen and oxygen atoms in total. The number of hydrogen-bond donors (Lipinski definition) is 2. The van der Waals surface area contributed by atoms with E-state index in [9.17, 15) is 23.9 Å². The maximum Gasteiger partial charge on any atom is 0.258 e. The van der Waals surface area contributed by atoms with E-state index < -0.39 is 23.8 Å². The van der Waals surface area contributed by atoms with E-state index in [1.807, 2.05) is 0 Å². The summed E-state index contributed by atoms with van der Waals surface area (Å²) in [5.74, 6) is -1.87. The lowest BCUT2D eigenvalue weighted by Gasteiger charge is -2.30. The zero-order valence-corrected chi connectivity index (χ0v) is 16.8. The summed E-state index contributed by atoms with van der Waals surface area (Å²) >= 11 is 0. The second-order valence-electron chi connectivity index (χ2n) is 7.79. The van der Waals surface area contributed by atoms with Crippen LogP contribution in [-0.2, 0) is 16.1 Å². The van der Waals surface area contributed by atoms with E-state index in [2.05, 4.69) is 5.32 Å². The molecule has 2 aliphatic heterocycles. The number of benzene rings is 1. The van der Waals surface area contributed by atoms with Gasteiger partial charge in [-0.25, -0.2) is 4.39 Å². The van der Waals surface area contributed by atoms with E-state index in [0.29, 0.717) is 12.2 Å². The van der Waals surface area contributed by atoms with Crippen molar-refractivity contribution in [3.63, 3.8) is 0 Å². The molecule has 2 N–H and O–H groups in total. The number of halogens is 1. The predicted molar refractivity (Wildman–Crippen MR) is 108 cm³/mol. The van der Waals surface area contributed by atoms with Crippen LogP contribution in [0.2, 0.25) is 0 Å². The molecule has 4 rings (SSSR count). The maximum atomic E-state index is 14.3. The number of rotatable bonds is 4. The molecule has 8 heteroatoms. The number of pyridine rings is 1. The van der Waals surface area contributed by atoms with E-state index in [1.165, 1.54) is 17.9 Å². The van der Waals surface area contributed by atoms with Crippen LogP contribution in [0.1, 0.15) is 25.6 Å². The topological polar surface area (TPSA) is 91.6 Å². The third-order valence-electron chi connectivity index (χ3n) is 6.22. The number of aliphatic hydroxyl groups is 1. The fraction of sp³-hybridized carbons (Fsp3) is 0.409. The first-order valence-corrected chi connectivity index (χ1v) is 10.1. The summed E-state index contributed by atoms with van der Waals surface area (Å²) in [6.07, 6.45) is 0. The zero-order chi connectivity index (χ0) is 21.6. The molecule has 2 amide bonds. The number of amides is 2. The lowest BCUT2D eigenvalue weighted by atomic mass is 9.88. The van der Waals surface area contributed by atoms with E-state index in [-0.39, 0.29) is 47.6 Å². The molecule has 0 radical (unpaired) electrons. The molecule has 0 bridgehead atoms. The summed E-state index contributed by atoms with van der Waals surface area (Å²) in [6, 6.07) is 8.09. The van der Waals surface area contributed by atoms with Crippen LogP contribution in [0.15, 0.2) is 41.2 Å². The van der Waals surface area contributed by atoms with Gasteiger partial charge in [0.2, 0.25) is 11.8 Å². The molecule has 1 aromatic carbocycles. The van der Waals surface area contributed by atoms with E-state index in [0.717, 1.165) is 0 Å². The number of carbonyl (C=O) groups is 2. The Kier molecular flexibility index (Phi) is 5.19. The molecule has 0 unspecified atom stereocenters. The van der Waals surface area contributed by atoms with Crippen molar-refractivity contribution in [2.75, 3.05) is 13.2 Å². The average molecular weight is 413 g/mol. The van der Waals surface area contributed by atoms with E-state index in [1.54, 1.807) is 41.8 Å². The van der Waals surface area contributed by atoms with Gasteiger partial charge in [0.05, 0.1) is 11.6 Å². The van der Waals surface area contributed by atoms with Crippen molar-refractivity contribution in [1.82, 2.24) is 14.8 Å². The number of fused-ring (bicyclic) bond motifs is 3. The quantitative estimate of drug-likeness (QED) is 0.791. The number of likely N-dealkylation sites (N-methyl/N-ethyl adjacent to an activating group) is 1. The first-order chi connectivity index (χ1) is 14.4. The molecule has 1 aromatic heterocycles. The Morgan fingerprint density at radius 3 is 2.57 bits per heavy atom. The number of nitrogens with zero attached hydrogens (tertiary/aromatic N) is 2. The molecule has 30 heavy (non-hydrogen) atoms. The summed E-state index contributed by atoms with van der Waals surface area (Å²) in [6.45, 7) is 3.56. The van der Waals surface area contributed by atoms with Crippen LogP contribution >= 0.6 is 0 Å². The second-order valence-corrected chi connectivity index (χ2v) is 7.79. The largest absolute Gasteiger partial charge is 0.396 e. The molecule has 0 spiro atoms. The van der Waals surface area contributed by atoms with Gasteiger partial charge in [0.25, 0.3) is 5.56 Å². The number of aliphatic hydroxyl groups excluding tert-OH is 1. The molecule has 2 aromatic rings. The maximum absolute atomic E-state index is 14.3. The van der Waals surface area contributed by atoms with Crippen LogP contribution in [0.4, 0.5) is 4.39 Å². The zero-order valence-electron chi connectivity index (χ0n) is 16.8. The molecule has 1 fully saturated rings. The van der Waals surface area contributed by atoms with Crippen LogP contribution in [0.5, 0.6) is 0 Å². The van der Waals surface area contributed by atoms with Gasteiger partial charge in [-0.2, -0.15) is 0 Å². The van der Waals surface area contributed by atoms with Crippen LogP contribution in [0.3, 0.4) is 0 Å². The van der Waals surface area contributed by atoms with Crippen molar-refractivity contribution in [2.24, 2.45) is 11.8 Å². The fourth-order valence-electron chi connectivity index (χ4n) is 5.01. The van der Waals surface area contributed by atoms with Crippen molar-refractivity contribution in [1.29, 1.82) is 0 Å². The second kappa shape index (κ2) is 7.68. The molecule has 4 atom stereocenters. The van der Waals surface area contributed by atoms with Crippen molar-refractivity contribution >= 4 is 11.8 Å². The Morgan fingerprint density at radius 2 is 1.93 bits per heavy atom. The molecule has 3 heterocycles. The van der Waals surface area contributed by atoms with Crippen LogP contribution in [0.25, 0.3) is 11.1 Å². The Morgan fingerprint density at radius 1 is 1.20 bits per heavy atom. The molecule has 2 aliphatic rings. The number of likely N-dealkylation sites (tertiary alicyclic amines) is 1. The highest BCUT2D eigenvalue weighted by Gasteiger charge is 2.56. The minimum Gasteiger partial charge on any atom is -0.396 e. The van der Waals surface area contributed by atoms with Crippen molar-refractivity contribution in [3.05, 3.63) is 58.3 Å². The Labute approximate surface area is 173 Å². The monoisotopic (exact) mass is 413 g/mol. The van der Waals surface area contributed by atoms with Gasteiger partial charge in [0, 0.05) is 49.7 Å². The minimum atomic E-state index is -0.794. The predicted octanol–water partition coefficient (Wildman–Crippen LogP) is 1.30. The van der Waals surface area contributed by atoms with Gasteiger partial charge in [0.1, 0.15) is 11.9 Å². The van der Waals surface area contributed by atoms with Gasteiger partial charge >= 0.3 is 0 Å². The summed E-state index contributed by atoms with van der Waals surface area (Å²) in [5, 5.41) is 12.8. The summed E-state index contributed by atoms with van der Waals surface area (Å²) < 4.78 is 15.8. The fourth-order valence-corrected chi connectivity index (χ4v) is 5.01. The van der Waals surface area contributed by atoms with Crippen LogP contribution in [-0.4, -0.2) is 45.6 Å². The Bertz CT molecular complexity index is 1070. The van der Waals surface area contributed by atoms with Gasteiger partial charge in [-0.15, -0.1) is 0 Å². The molecule has 0 aliphatic carbocycles. The van der Waals surface area contributed by atoms with Crippen LogP contribution < -0.4 is 10.9 Å². The van der Waals surface area contributed by atoms with Gasteiger partial charge in [-0.3, -0.25) is 14.4 Å². The van der Waals surface area contributed by atoms with Crippen LogP contribution in [0, 0.1) is 17.7 Å². The smallest absolute Gasteiger partial charge is 0.258 e. The Balaban J connectivity index is 1.82. The number of nitrogens with one attached hydrogen (secondary N) is 1. The van der Waals surface area contributed by atoms with E-state index >= 15 is 0 Å². The summed E-state index contributed by atoms with van der Waals surface area (Å²) in [4.78, 5) is 39.9. The number of hydrogen-bond acceptors (Lipinski definition) is 4. The van der Waals surface area contributed by atoms with Crippen molar-refractivity contribution in [3.8, 4) is 11.1 Å². The van der Waals surface area contributed by atoms with E-state index in [4.69, 9.17) is 0 Å². The third kappa shape index (κ3) is 2.94.